The van der Waals surface area contributed by atoms with Crippen LogP contribution in [0, 0.1) is 5.82 Å². The van der Waals surface area contributed by atoms with Crippen LogP contribution in [0.25, 0.3) is 10.9 Å². The first-order chi connectivity index (χ1) is 16.1. The van der Waals surface area contributed by atoms with E-state index in [9.17, 15) is 9.18 Å². The smallest absolute Gasteiger partial charge is 0.230 e. The highest BCUT2D eigenvalue weighted by molar-refractivity contribution is 6.08. The van der Waals surface area contributed by atoms with Crippen molar-refractivity contribution in [2.24, 2.45) is 0 Å². The van der Waals surface area contributed by atoms with Crippen molar-refractivity contribution in [3.63, 3.8) is 0 Å². The highest BCUT2D eigenvalue weighted by atomic mass is 19.1. The van der Waals surface area contributed by atoms with Gasteiger partial charge in [-0.15, -0.1) is 0 Å². The van der Waals surface area contributed by atoms with E-state index in [1.165, 1.54) is 12.1 Å². The van der Waals surface area contributed by atoms with Crippen LogP contribution >= 0.6 is 0 Å². The van der Waals surface area contributed by atoms with E-state index in [1.807, 2.05) is 30.1 Å². The van der Waals surface area contributed by atoms with Crippen LogP contribution in [-0.4, -0.2) is 49.1 Å². The Kier molecular flexibility index (Phi) is 5.71. The second kappa shape index (κ2) is 8.96. The summed E-state index contributed by atoms with van der Waals surface area (Å²) in [6, 6.07) is 21.3. The Morgan fingerprint density at radius 1 is 0.970 bits per heavy atom. The number of hydrogen-bond acceptors (Lipinski definition) is 6. The monoisotopic (exact) mass is 442 g/mol. The molecule has 0 spiro atoms. The van der Waals surface area contributed by atoms with Crippen molar-refractivity contribution in [1.82, 2.24) is 9.97 Å². The molecule has 0 atom stereocenters. The minimum atomic E-state index is -0.384. The maximum Gasteiger partial charge on any atom is 0.230 e. The van der Waals surface area contributed by atoms with Gasteiger partial charge in [0.05, 0.1) is 18.7 Å². The summed E-state index contributed by atoms with van der Waals surface area (Å²) in [4.78, 5) is 26.2. The first-order valence-corrected chi connectivity index (χ1v) is 10.8. The lowest BCUT2D eigenvalue weighted by molar-refractivity contribution is 0.103. The minimum absolute atomic E-state index is 0.0760. The van der Waals surface area contributed by atoms with E-state index < -0.39 is 0 Å². The molecule has 5 rings (SSSR count). The zero-order valence-electron chi connectivity index (χ0n) is 18.2. The molecule has 1 aliphatic rings. The van der Waals surface area contributed by atoms with Crippen molar-refractivity contribution >= 4 is 33.9 Å². The highest BCUT2D eigenvalue weighted by Gasteiger charge is 2.19. The average molecular weight is 442 g/mol. The molecule has 1 fully saturated rings. The molecule has 2 heterocycles. The van der Waals surface area contributed by atoms with Gasteiger partial charge >= 0.3 is 0 Å². The summed E-state index contributed by atoms with van der Waals surface area (Å²) in [7, 11) is 1.85. The van der Waals surface area contributed by atoms with Gasteiger partial charge in [0.25, 0.3) is 0 Å². The standard InChI is InChI=1S/C26H23FN4O2/c1-30(20-8-10-21(11-9-20)31-13-15-33-16-14-31)26-22-17-19(27)7-12-23(22)28-25(29-26)24(32)18-5-3-2-4-6-18/h2-12,17H,13-16H2,1H3. The number of rotatable bonds is 5. The fraction of sp³-hybridized carbons (Fsp3) is 0.192. The summed E-state index contributed by atoms with van der Waals surface area (Å²) in [5.41, 5.74) is 3.00. The number of fused-ring (bicyclic) bond motifs is 1. The van der Waals surface area contributed by atoms with Crippen LogP contribution in [-0.2, 0) is 4.74 Å². The number of hydrogen-bond donors (Lipinski definition) is 0. The topological polar surface area (TPSA) is 58.6 Å². The summed E-state index contributed by atoms with van der Waals surface area (Å²) < 4.78 is 19.5. The van der Waals surface area contributed by atoms with Gasteiger partial charge < -0.3 is 14.5 Å². The predicted octanol–water partition coefficient (Wildman–Crippen LogP) is 4.60. The number of ketones is 1. The van der Waals surface area contributed by atoms with Gasteiger partial charge in [-0.25, -0.2) is 14.4 Å². The number of anilines is 3. The summed E-state index contributed by atoms with van der Waals surface area (Å²) in [6.07, 6.45) is 0. The molecule has 1 saturated heterocycles. The van der Waals surface area contributed by atoms with Gasteiger partial charge in [0.2, 0.25) is 11.6 Å². The van der Waals surface area contributed by atoms with Gasteiger partial charge in [-0.1, -0.05) is 30.3 Å². The van der Waals surface area contributed by atoms with Crippen LogP contribution in [0.1, 0.15) is 16.2 Å². The fourth-order valence-electron chi connectivity index (χ4n) is 3.99. The van der Waals surface area contributed by atoms with E-state index in [0.29, 0.717) is 22.3 Å². The summed E-state index contributed by atoms with van der Waals surface area (Å²) >= 11 is 0. The van der Waals surface area contributed by atoms with Crippen LogP contribution in [0.15, 0.2) is 72.8 Å². The van der Waals surface area contributed by atoms with Crippen LogP contribution in [0.4, 0.5) is 21.6 Å². The molecule has 166 valence electrons. The van der Waals surface area contributed by atoms with Gasteiger partial charge in [0.1, 0.15) is 11.6 Å². The van der Waals surface area contributed by atoms with Gasteiger partial charge in [0, 0.05) is 42.5 Å². The number of benzene rings is 3. The average Bonchev–Trinajstić information content (AvgIpc) is 2.88. The van der Waals surface area contributed by atoms with Crippen molar-refractivity contribution in [3.8, 4) is 0 Å². The van der Waals surface area contributed by atoms with Gasteiger partial charge in [0.15, 0.2) is 0 Å². The Bertz CT molecular complexity index is 1290. The van der Waals surface area contributed by atoms with E-state index >= 15 is 0 Å². The summed E-state index contributed by atoms with van der Waals surface area (Å²) in [5.74, 6) is -0.116. The third-order valence-corrected chi connectivity index (χ3v) is 5.81. The molecule has 33 heavy (non-hydrogen) atoms. The van der Waals surface area contributed by atoms with Gasteiger partial charge in [-0.05, 0) is 42.5 Å². The lowest BCUT2D eigenvalue weighted by atomic mass is 10.1. The summed E-state index contributed by atoms with van der Waals surface area (Å²) in [6.45, 7) is 3.16. The first kappa shape index (κ1) is 21.0. The second-order valence-electron chi connectivity index (χ2n) is 7.90. The molecule has 0 N–H and O–H groups in total. The quantitative estimate of drug-likeness (QED) is 0.421. The molecule has 4 aromatic rings. The fourth-order valence-corrected chi connectivity index (χ4v) is 3.99. The van der Waals surface area contributed by atoms with E-state index in [2.05, 4.69) is 27.0 Å². The van der Waals surface area contributed by atoms with E-state index in [0.717, 1.165) is 37.7 Å². The Labute approximate surface area is 191 Å². The summed E-state index contributed by atoms with van der Waals surface area (Å²) in [5, 5.41) is 0.541. The molecule has 3 aromatic carbocycles. The van der Waals surface area contributed by atoms with Crippen LogP contribution in [0.2, 0.25) is 0 Å². The van der Waals surface area contributed by atoms with E-state index in [-0.39, 0.29) is 17.4 Å². The number of halogens is 1. The first-order valence-electron chi connectivity index (χ1n) is 10.8. The highest BCUT2D eigenvalue weighted by Crippen LogP contribution is 2.31. The molecular formula is C26H23FN4O2. The zero-order chi connectivity index (χ0) is 22.8. The Morgan fingerprint density at radius 3 is 2.42 bits per heavy atom. The number of carbonyl (C=O) groups excluding carboxylic acids is 1. The van der Waals surface area contributed by atoms with Crippen LogP contribution in [0.5, 0.6) is 0 Å². The lowest BCUT2D eigenvalue weighted by Crippen LogP contribution is -2.36. The Hall–Kier alpha value is -3.84. The predicted molar refractivity (Wildman–Crippen MR) is 127 cm³/mol. The van der Waals surface area contributed by atoms with Gasteiger partial charge in [-0.2, -0.15) is 0 Å². The third-order valence-electron chi connectivity index (χ3n) is 5.81. The normalized spacial score (nSPS) is 13.8. The maximum atomic E-state index is 14.1. The molecule has 0 unspecified atom stereocenters. The van der Waals surface area contributed by atoms with Crippen LogP contribution in [0.3, 0.4) is 0 Å². The Morgan fingerprint density at radius 2 is 1.70 bits per heavy atom. The van der Waals surface area contributed by atoms with Crippen molar-refractivity contribution in [2.45, 2.75) is 0 Å². The van der Waals surface area contributed by atoms with Crippen molar-refractivity contribution < 1.29 is 13.9 Å². The number of aromatic nitrogens is 2. The molecule has 0 radical (unpaired) electrons. The van der Waals surface area contributed by atoms with Crippen molar-refractivity contribution in [3.05, 3.63) is 90.0 Å². The number of nitrogens with zero attached hydrogens (tertiary/aromatic N) is 4. The SMILES string of the molecule is CN(c1ccc(N2CCOCC2)cc1)c1nc(C(=O)c2ccccc2)nc2ccc(F)cc12. The molecule has 0 bridgehead atoms. The van der Waals surface area contributed by atoms with E-state index in [4.69, 9.17) is 4.74 Å². The zero-order valence-corrected chi connectivity index (χ0v) is 18.2. The molecule has 6 nitrogen and oxygen atoms in total. The van der Waals surface area contributed by atoms with E-state index in [1.54, 1.807) is 30.3 Å². The van der Waals surface area contributed by atoms with Crippen molar-refractivity contribution in [2.75, 3.05) is 43.2 Å². The molecular weight excluding hydrogens is 419 g/mol. The number of ether oxygens (including phenoxy) is 1. The molecule has 0 saturated carbocycles. The minimum Gasteiger partial charge on any atom is -0.378 e. The molecule has 0 amide bonds. The molecule has 1 aliphatic heterocycles. The lowest BCUT2D eigenvalue weighted by Gasteiger charge is -2.29. The number of morpholine rings is 1. The molecule has 7 heteroatoms. The molecule has 0 aliphatic carbocycles. The largest absolute Gasteiger partial charge is 0.378 e. The number of carbonyl (C=O) groups is 1. The molecule has 1 aromatic heterocycles. The maximum absolute atomic E-state index is 14.1. The second-order valence-corrected chi connectivity index (χ2v) is 7.90. The third kappa shape index (κ3) is 4.27. The van der Waals surface area contributed by atoms with Gasteiger partial charge in [-0.3, -0.25) is 4.79 Å². The van der Waals surface area contributed by atoms with Crippen LogP contribution < -0.4 is 9.80 Å². The van der Waals surface area contributed by atoms with Crippen molar-refractivity contribution in [1.29, 1.82) is 0 Å². The Balaban J connectivity index is 1.54.